The second-order valence-corrected chi connectivity index (χ2v) is 4.86. The highest BCUT2D eigenvalue weighted by atomic mass is 16.5. The van der Waals surface area contributed by atoms with Crippen LogP contribution < -0.4 is 5.32 Å². The number of ether oxygens (including phenoxy) is 1. The van der Waals surface area contributed by atoms with E-state index < -0.39 is 11.9 Å². The van der Waals surface area contributed by atoms with Gasteiger partial charge in [0.2, 0.25) is 5.76 Å². The molecule has 1 aromatic rings. The minimum atomic E-state index is -1.19. The molecule has 1 aliphatic rings. The highest BCUT2D eigenvalue weighted by Crippen LogP contribution is 2.20. The number of furan rings is 1. The average Bonchev–Trinajstić information content (AvgIpc) is 3.09. The van der Waals surface area contributed by atoms with E-state index in [0.717, 1.165) is 19.3 Å². The van der Waals surface area contributed by atoms with E-state index >= 15 is 0 Å². The quantitative estimate of drug-likeness (QED) is 0.747. The van der Waals surface area contributed by atoms with Crippen LogP contribution in [0.25, 0.3) is 0 Å². The fourth-order valence-corrected chi connectivity index (χ4v) is 2.24. The molecule has 1 fully saturated rings. The highest BCUT2D eigenvalue weighted by Gasteiger charge is 2.16. The first-order valence-corrected chi connectivity index (χ1v) is 6.90. The van der Waals surface area contributed by atoms with E-state index in [1.165, 1.54) is 25.0 Å². The van der Waals surface area contributed by atoms with Crippen LogP contribution in [-0.4, -0.2) is 36.2 Å². The predicted octanol–water partition coefficient (Wildman–Crippen LogP) is 2.06. The van der Waals surface area contributed by atoms with Crippen molar-refractivity contribution in [2.24, 2.45) is 0 Å². The Balaban J connectivity index is 1.62. The minimum absolute atomic E-state index is 0.0131. The van der Waals surface area contributed by atoms with Crippen LogP contribution in [0.5, 0.6) is 0 Å². The summed E-state index contributed by atoms with van der Waals surface area (Å²) >= 11 is 0. The zero-order chi connectivity index (χ0) is 14.4. The second-order valence-electron chi connectivity index (χ2n) is 4.86. The lowest BCUT2D eigenvalue weighted by atomic mass is 10.3. The van der Waals surface area contributed by atoms with E-state index in [2.05, 4.69) is 5.32 Å². The Morgan fingerprint density at radius 2 is 2.00 bits per heavy atom. The van der Waals surface area contributed by atoms with E-state index in [4.69, 9.17) is 14.3 Å². The summed E-state index contributed by atoms with van der Waals surface area (Å²) < 4.78 is 10.6. The van der Waals surface area contributed by atoms with Crippen molar-refractivity contribution in [3.8, 4) is 0 Å². The average molecular weight is 281 g/mol. The van der Waals surface area contributed by atoms with Gasteiger partial charge < -0.3 is 19.6 Å². The smallest absolute Gasteiger partial charge is 0.371 e. The van der Waals surface area contributed by atoms with Gasteiger partial charge >= 0.3 is 5.97 Å². The first-order chi connectivity index (χ1) is 9.66. The molecule has 0 bridgehead atoms. The number of carbonyl (C=O) groups is 2. The van der Waals surface area contributed by atoms with Gasteiger partial charge in [-0.15, -0.1) is 0 Å². The molecule has 1 aliphatic carbocycles. The maximum atomic E-state index is 11.7. The van der Waals surface area contributed by atoms with Gasteiger partial charge in [-0.2, -0.15) is 0 Å². The molecule has 1 amide bonds. The molecule has 0 atom stereocenters. The zero-order valence-electron chi connectivity index (χ0n) is 11.3. The molecule has 0 aliphatic heterocycles. The molecule has 1 aromatic heterocycles. The Hall–Kier alpha value is -1.82. The van der Waals surface area contributed by atoms with Crippen molar-refractivity contribution in [2.45, 2.75) is 38.2 Å². The van der Waals surface area contributed by atoms with Crippen molar-refractivity contribution in [3.05, 3.63) is 23.7 Å². The lowest BCUT2D eigenvalue weighted by Crippen LogP contribution is -2.25. The monoisotopic (exact) mass is 281 g/mol. The van der Waals surface area contributed by atoms with Crippen molar-refractivity contribution >= 4 is 11.9 Å². The highest BCUT2D eigenvalue weighted by molar-refractivity contribution is 5.93. The molecule has 0 aromatic carbocycles. The molecule has 0 saturated heterocycles. The fraction of sp³-hybridized carbons (Fsp3) is 0.571. The van der Waals surface area contributed by atoms with Gasteiger partial charge in [0.05, 0.1) is 6.10 Å². The summed E-state index contributed by atoms with van der Waals surface area (Å²) in [6.45, 7) is 1.11. The Morgan fingerprint density at radius 1 is 1.30 bits per heavy atom. The Bertz CT molecular complexity index is 462. The van der Waals surface area contributed by atoms with Crippen molar-refractivity contribution in [2.75, 3.05) is 13.2 Å². The Kier molecular flexibility index (Phi) is 5.17. The van der Waals surface area contributed by atoms with Crippen molar-refractivity contribution in [3.63, 3.8) is 0 Å². The third-order valence-corrected chi connectivity index (χ3v) is 3.30. The number of carbonyl (C=O) groups excluding carboxylic acids is 1. The van der Waals surface area contributed by atoms with E-state index in [9.17, 15) is 9.59 Å². The molecule has 6 nitrogen and oxygen atoms in total. The molecular formula is C14H19NO5. The summed E-state index contributed by atoms with van der Waals surface area (Å²) in [5.74, 6) is -1.81. The van der Waals surface area contributed by atoms with E-state index in [1.54, 1.807) is 0 Å². The van der Waals surface area contributed by atoms with Crippen LogP contribution in [0.1, 0.15) is 53.2 Å². The molecule has 0 unspecified atom stereocenters. The molecule has 6 heteroatoms. The van der Waals surface area contributed by atoms with E-state index in [-0.39, 0.29) is 11.5 Å². The molecule has 2 N–H and O–H groups in total. The molecule has 20 heavy (non-hydrogen) atoms. The molecule has 0 radical (unpaired) electrons. The number of aromatic carboxylic acids is 1. The predicted molar refractivity (Wildman–Crippen MR) is 70.8 cm³/mol. The van der Waals surface area contributed by atoms with Crippen molar-refractivity contribution in [1.29, 1.82) is 0 Å². The van der Waals surface area contributed by atoms with E-state index in [1.807, 2.05) is 0 Å². The van der Waals surface area contributed by atoms with Gasteiger partial charge in [-0.25, -0.2) is 4.79 Å². The van der Waals surface area contributed by atoms with Gasteiger partial charge in [0.15, 0.2) is 5.76 Å². The number of hydrogen-bond donors (Lipinski definition) is 2. The van der Waals surface area contributed by atoms with Gasteiger partial charge in [0, 0.05) is 13.2 Å². The largest absolute Gasteiger partial charge is 0.475 e. The van der Waals surface area contributed by atoms with Crippen LogP contribution in [0.4, 0.5) is 0 Å². The number of nitrogens with one attached hydrogen (secondary N) is 1. The number of carboxylic acids is 1. The van der Waals surface area contributed by atoms with Crippen LogP contribution >= 0.6 is 0 Å². The number of hydrogen-bond acceptors (Lipinski definition) is 4. The van der Waals surface area contributed by atoms with Gasteiger partial charge in [-0.05, 0) is 31.4 Å². The minimum Gasteiger partial charge on any atom is -0.475 e. The van der Waals surface area contributed by atoms with Gasteiger partial charge in [-0.1, -0.05) is 12.8 Å². The molecule has 110 valence electrons. The van der Waals surface area contributed by atoms with Gasteiger partial charge in [0.25, 0.3) is 5.91 Å². The van der Waals surface area contributed by atoms with Crippen LogP contribution in [-0.2, 0) is 4.74 Å². The van der Waals surface area contributed by atoms with Crippen molar-refractivity contribution < 1.29 is 23.8 Å². The van der Waals surface area contributed by atoms with Gasteiger partial charge in [-0.3, -0.25) is 4.79 Å². The summed E-state index contributed by atoms with van der Waals surface area (Å²) in [4.78, 5) is 22.3. The summed E-state index contributed by atoms with van der Waals surface area (Å²) in [5, 5.41) is 11.4. The topological polar surface area (TPSA) is 88.8 Å². The molecule has 0 spiro atoms. The van der Waals surface area contributed by atoms with Crippen LogP contribution in [0, 0.1) is 0 Å². The Morgan fingerprint density at radius 3 is 2.65 bits per heavy atom. The first kappa shape index (κ1) is 14.6. The number of carboxylic acid groups (broad SMARTS) is 1. The lowest BCUT2D eigenvalue weighted by molar-refractivity contribution is 0.0564. The maximum Gasteiger partial charge on any atom is 0.371 e. The molecule has 2 rings (SSSR count). The fourth-order valence-electron chi connectivity index (χ4n) is 2.24. The van der Waals surface area contributed by atoms with Crippen molar-refractivity contribution in [1.82, 2.24) is 5.32 Å². The summed E-state index contributed by atoms with van der Waals surface area (Å²) in [6, 6.07) is 2.62. The molecule has 1 saturated carbocycles. The zero-order valence-corrected chi connectivity index (χ0v) is 11.3. The summed E-state index contributed by atoms with van der Waals surface area (Å²) in [5.41, 5.74) is 0. The van der Waals surface area contributed by atoms with Crippen LogP contribution in [0.15, 0.2) is 16.5 Å². The molecule has 1 heterocycles. The second kappa shape index (κ2) is 7.09. The standard InChI is InChI=1S/C14H19NO5/c16-13(11-6-7-12(20-11)14(17)18)15-8-3-9-19-10-4-1-2-5-10/h6-7,10H,1-5,8-9H2,(H,15,16)(H,17,18). The molecular weight excluding hydrogens is 262 g/mol. The van der Waals surface area contributed by atoms with E-state index in [0.29, 0.717) is 19.3 Å². The first-order valence-electron chi connectivity index (χ1n) is 6.90. The third kappa shape index (κ3) is 4.09. The number of rotatable bonds is 7. The third-order valence-electron chi connectivity index (χ3n) is 3.30. The SMILES string of the molecule is O=C(O)c1ccc(C(=O)NCCCOC2CCCC2)o1. The maximum absolute atomic E-state index is 11.7. The summed E-state index contributed by atoms with van der Waals surface area (Å²) in [6.07, 6.45) is 5.87. The summed E-state index contributed by atoms with van der Waals surface area (Å²) in [7, 11) is 0. The Labute approximate surface area is 117 Å². The van der Waals surface area contributed by atoms with Crippen LogP contribution in [0.3, 0.4) is 0 Å². The number of amides is 1. The van der Waals surface area contributed by atoms with Gasteiger partial charge in [0.1, 0.15) is 0 Å². The lowest BCUT2D eigenvalue weighted by Gasteiger charge is -2.10. The van der Waals surface area contributed by atoms with Crippen LogP contribution in [0.2, 0.25) is 0 Å². The normalized spacial score (nSPS) is 15.4.